The Morgan fingerprint density at radius 3 is 2.81 bits per heavy atom. The summed E-state index contributed by atoms with van der Waals surface area (Å²) in [6.45, 7) is 7.01. The lowest BCUT2D eigenvalue weighted by Gasteiger charge is -2.39. The highest BCUT2D eigenvalue weighted by Crippen LogP contribution is 2.24. The minimum absolute atomic E-state index is 0.0188. The number of carbonyl (C=O) groups excluding carboxylic acids is 1. The van der Waals surface area contributed by atoms with Gasteiger partial charge in [0.05, 0.1) is 18.8 Å². The molecule has 2 aromatic rings. The molecule has 6 nitrogen and oxygen atoms in total. The molecule has 1 atom stereocenters. The van der Waals surface area contributed by atoms with E-state index in [2.05, 4.69) is 9.88 Å². The Hall–Kier alpha value is -2.18. The number of piperidine rings is 1. The van der Waals surface area contributed by atoms with Crippen molar-refractivity contribution >= 4 is 16.8 Å². The third kappa shape index (κ3) is 3.92. The first-order chi connectivity index (χ1) is 13.1. The van der Waals surface area contributed by atoms with Crippen LogP contribution in [0, 0.1) is 6.92 Å². The zero-order valence-electron chi connectivity index (χ0n) is 15.9. The quantitative estimate of drug-likeness (QED) is 0.900. The van der Waals surface area contributed by atoms with Gasteiger partial charge in [0.25, 0.3) is 5.91 Å². The number of rotatable bonds is 3. The topological polar surface area (TPSA) is 65.6 Å². The van der Waals surface area contributed by atoms with Crippen molar-refractivity contribution in [1.82, 2.24) is 14.8 Å². The summed E-state index contributed by atoms with van der Waals surface area (Å²) in [5, 5.41) is 0.829. The summed E-state index contributed by atoms with van der Waals surface area (Å²) in [5.41, 5.74) is 2.09. The van der Waals surface area contributed by atoms with E-state index < -0.39 is 0 Å². The molecule has 6 heteroatoms. The van der Waals surface area contributed by atoms with Gasteiger partial charge >= 0.3 is 0 Å². The standard InChI is InChI=1S/C21H27N3O3/c1-15-5-6-19-17(12-15)18(13-20(25)22-19)21(26)24-7-3-2-4-16(24)14-23-8-10-27-11-9-23/h5-6,12-13,16H,2-4,7-11,14H2,1H3,(H,22,25)/t16-/m1/s1. The molecule has 1 N–H and O–H groups in total. The smallest absolute Gasteiger partial charge is 0.255 e. The molecule has 1 amide bonds. The average Bonchev–Trinajstić information content (AvgIpc) is 2.68. The number of H-pyrrole nitrogens is 1. The van der Waals surface area contributed by atoms with Crippen LogP contribution in [0.2, 0.25) is 0 Å². The number of hydrogen-bond acceptors (Lipinski definition) is 4. The molecule has 2 saturated heterocycles. The van der Waals surface area contributed by atoms with Crippen molar-refractivity contribution in [3.8, 4) is 0 Å². The van der Waals surface area contributed by atoms with E-state index in [1.165, 1.54) is 6.07 Å². The largest absolute Gasteiger partial charge is 0.379 e. The lowest BCUT2D eigenvalue weighted by atomic mass is 9.98. The molecule has 2 fully saturated rings. The number of hydrogen-bond donors (Lipinski definition) is 1. The Labute approximate surface area is 159 Å². The lowest BCUT2D eigenvalue weighted by Crippen LogP contribution is -2.51. The van der Waals surface area contributed by atoms with E-state index in [0.717, 1.165) is 75.1 Å². The summed E-state index contributed by atoms with van der Waals surface area (Å²) in [5.74, 6) is -0.0188. The second-order valence-corrected chi connectivity index (χ2v) is 7.66. The number of aromatic amines is 1. The minimum atomic E-state index is -0.226. The minimum Gasteiger partial charge on any atom is -0.379 e. The summed E-state index contributed by atoms with van der Waals surface area (Å²) in [6.07, 6.45) is 3.18. The third-order valence-electron chi connectivity index (χ3n) is 5.69. The summed E-state index contributed by atoms with van der Waals surface area (Å²) in [6, 6.07) is 7.48. The second-order valence-electron chi connectivity index (χ2n) is 7.66. The summed E-state index contributed by atoms with van der Waals surface area (Å²) in [7, 11) is 0. The van der Waals surface area contributed by atoms with Crippen molar-refractivity contribution in [2.24, 2.45) is 0 Å². The van der Waals surface area contributed by atoms with Crippen LogP contribution >= 0.6 is 0 Å². The predicted molar refractivity (Wildman–Crippen MR) is 105 cm³/mol. The molecule has 144 valence electrons. The van der Waals surface area contributed by atoms with E-state index in [1.807, 2.05) is 30.0 Å². The Kier molecular flexibility index (Phi) is 5.27. The fourth-order valence-corrected chi connectivity index (χ4v) is 4.24. The molecule has 1 aromatic heterocycles. The van der Waals surface area contributed by atoms with Gasteiger partial charge in [-0.25, -0.2) is 0 Å². The fourth-order valence-electron chi connectivity index (χ4n) is 4.24. The molecule has 1 aromatic carbocycles. The number of ether oxygens (including phenoxy) is 1. The number of aryl methyl sites for hydroxylation is 1. The Bertz CT molecular complexity index is 886. The summed E-state index contributed by atoms with van der Waals surface area (Å²) >= 11 is 0. The molecule has 4 rings (SSSR count). The van der Waals surface area contributed by atoms with E-state index in [9.17, 15) is 9.59 Å². The number of nitrogens with zero attached hydrogens (tertiary/aromatic N) is 2. The van der Waals surface area contributed by atoms with Crippen LogP contribution in [0.4, 0.5) is 0 Å². The SMILES string of the molecule is Cc1ccc2[nH]c(=O)cc(C(=O)N3CCCC[C@@H]3CN3CCOCC3)c2c1. The monoisotopic (exact) mass is 369 g/mol. The molecule has 0 unspecified atom stereocenters. The zero-order chi connectivity index (χ0) is 18.8. The predicted octanol–water partition coefficient (Wildman–Crippen LogP) is 2.16. The molecule has 2 aliphatic rings. The van der Waals surface area contributed by atoms with Crippen molar-refractivity contribution in [1.29, 1.82) is 0 Å². The highest BCUT2D eigenvalue weighted by atomic mass is 16.5. The van der Waals surface area contributed by atoms with Gasteiger partial charge in [0, 0.05) is 49.2 Å². The highest BCUT2D eigenvalue weighted by molar-refractivity contribution is 6.06. The number of likely N-dealkylation sites (tertiary alicyclic amines) is 1. The Morgan fingerprint density at radius 1 is 1.19 bits per heavy atom. The maximum atomic E-state index is 13.5. The molecule has 0 saturated carbocycles. The average molecular weight is 369 g/mol. The first-order valence-corrected chi connectivity index (χ1v) is 9.86. The van der Waals surface area contributed by atoms with Crippen LogP contribution in [0.3, 0.4) is 0 Å². The van der Waals surface area contributed by atoms with Gasteiger partial charge in [0.1, 0.15) is 0 Å². The van der Waals surface area contributed by atoms with Gasteiger partial charge in [0.2, 0.25) is 5.56 Å². The molecule has 0 bridgehead atoms. The Balaban J connectivity index is 1.64. The maximum absolute atomic E-state index is 13.5. The van der Waals surface area contributed by atoms with Crippen LogP contribution < -0.4 is 5.56 Å². The van der Waals surface area contributed by atoms with Crippen molar-refractivity contribution < 1.29 is 9.53 Å². The molecular formula is C21H27N3O3. The third-order valence-corrected chi connectivity index (χ3v) is 5.69. The van der Waals surface area contributed by atoms with Crippen LogP contribution in [0.5, 0.6) is 0 Å². The van der Waals surface area contributed by atoms with Crippen molar-refractivity contribution in [3.63, 3.8) is 0 Å². The summed E-state index contributed by atoms with van der Waals surface area (Å²) < 4.78 is 5.44. The van der Waals surface area contributed by atoms with Gasteiger partial charge in [-0.15, -0.1) is 0 Å². The number of fused-ring (bicyclic) bond motifs is 1. The zero-order valence-corrected chi connectivity index (χ0v) is 15.9. The van der Waals surface area contributed by atoms with Crippen LogP contribution in [-0.4, -0.2) is 66.1 Å². The van der Waals surface area contributed by atoms with Gasteiger partial charge in [-0.2, -0.15) is 0 Å². The van der Waals surface area contributed by atoms with Crippen molar-refractivity contribution in [2.45, 2.75) is 32.2 Å². The van der Waals surface area contributed by atoms with E-state index in [0.29, 0.717) is 5.56 Å². The first-order valence-electron chi connectivity index (χ1n) is 9.86. The molecule has 0 spiro atoms. The number of nitrogens with one attached hydrogen (secondary N) is 1. The molecule has 2 aliphatic heterocycles. The van der Waals surface area contributed by atoms with Crippen molar-refractivity contribution in [2.75, 3.05) is 39.4 Å². The molecule has 3 heterocycles. The van der Waals surface area contributed by atoms with E-state index in [4.69, 9.17) is 4.74 Å². The van der Waals surface area contributed by atoms with E-state index in [1.54, 1.807) is 0 Å². The van der Waals surface area contributed by atoms with Crippen molar-refractivity contribution in [3.05, 3.63) is 45.7 Å². The number of benzene rings is 1. The highest BCUT2D eigenvalue weighted by Gasteiger charge is 2.30. The summed E-state index contributed by atoms with van der Waals surface area (Å²) in [4.78, 5) is 32.8. The van der Waals surface area contributed by atoms with Crippen LogP contribution in [-0.2, 0) is 4.74 Å². The van der Waals surface area contributed by atoms with E-state index in [-0.39, 0.29) is 17.5 Å². The molecule has 0 radical (unpaired) electrons. The number of aromatic nitrogens is 1. The van der Waals surface area contributed by atoms with Gasteiger partial charge in [-0.3, -0.25) is 14.5 Å². The van der Waals surface area contributed by atoms with Crippen LogP contribution in [0.1, 0.15) is 35.2 Å². The second kappa shape index (κ2) is 7.82. The van der Waals surface area contributed by atoms with Gasteiger partial charge < -0.3 is 14.6 Å². The molecule has 0 aliphatic carbocycles. The normalized spacial score (nSPS) is 21.5. The van der Waals surface area contributed by atoms with Gasteiger partial charge in [-0.1, -0.05) is 11.6 Å². The first kappa shape index (κ1) is 18.2. The molecule has 27 heavy (non-hydrogen) atoms. The van der Waals surface area contributed by atoms with E-state index >= 15 is 0 Å². The Morgan fingerprint density at radius 2 is 2.00 bits per heavy atom. The number of amides is 1. The van der Waals surface area contributed by atoms with Crippen LogP contribution in [0.15, 0.2) is 29.1 Å². The lowest BCUT2D eigenvalue weighted by molar-refractivity contribution is 0.0166. The molecular weight excluding hydrogens is 342 g/mol. The van der Waals surface area contributed by atoms with Crippen LogP contribution in [0.25, 0.3) is 10.9 Å². The number of pyridine rings is 1. The maximum Gasteiger partial charge on any atom is 0.255 e. The van der Waals surface area contributed by atoms with Gasteiger partial charge in [0.15, 0.2) is 0 Å². The number of morpholine rings is 1. The fraction of sp³-hybridized carbons (Fsp3) is 0.524. The van der Waals surface area contributed by atoms with Gasteiger partial charge in [-0.05, 0) is 38.3 Å². The number of carbonyl (C=O) groups is 1.